The zero-order chi connectivity index (χ0) is 12.3. The third kappa shape index (κ3) is 2.81. The molecular formula is C14H16N2O. The Hall–Kier alpha value is -1.90. The molecular weight excluding hydrogens is 212 g/mol. The quantitative estimate of drug-likeness (QED) is 0.754. The van der Waals surface area contributed by atoms with Gasteiger partial charge in [-0.15, -0.1) is 0 Å². The molecule has 0 atom stereocenters. The van der Waals surface area contributed by atoms with E-state index in [0.29, 0.717) is 12.1 Å². The van der Waals surface area contributed by atoms with Gasteiger partial charge in [0.25, 0.3) is 0 Å². The van der Waals surface area contributed by atoms with Crippen molar-refractivity contribution in [2.75, 3.05) is 0 Å². The molecule has 2 aromatic rings. The zero-order valence-corrected chi connectivity index (χ0v) is 10.2. The van der Waals surface area contributed by atoms with Crippen molar-refractivity contribution >= 4 is 5.78 Å². The maximum Gasteiger partial charge on any atom is 0.181 e. The number of benzene rings is 1. The molecule has 1 aromatic carbocycles. The Morgan fingerprint density at radius 3 is 2.59 bits per heavy atom. The molecule has 0 N–H and O–H groups in total. The molecule has 0 aliphatic carbocycles. The van der Waals surface area contributed by atoms with E-state index in [-0.39, 0.29) is 5.78 Å². The Bertz CT molecular complexity index is 514. The smallest absolute Gasteiger partial charge is 0.181 e. The van der Waals surface area contributed by atoms with Crippen molar-refractivity contribution in [1.82, 2.24) is 9.78 Å². The molecule has 0 radical (unpaired) electrons. The van der Waals surface area contributed by atoms with Crippen LogP contribution in [-0.2, 0) is 13.5 Å². The van der Waals surface area contributed by atoms with E-state index in [4.69, 9.17) is 0 Å². The molecule has 0 aliphatic rings. The van der Waals surface area contributed by atoms with E-state index < -0.39 is 0 Å². The summed E-state index contributed by atoms with van der Waals surface area (Å²) in [6.07, 6.45) is 1.31. The SMILES string of the molecule is Cc1cc(C(=O)CCc2ccccc2)n(C)n1. The number of aryl methyl sites for hydroxylation is 3. The lowest BCUT2D eigenvalue weighted by molar-refractivity contribution is 0.0974. The second-order valence-electron chi connectivity index (χ2n) is 4.20. The van der Waals surface area contributed by atoms with Crippen LogP contribution in [0.4, 0.5) is 0 Å². The van der Waals surface area contributed by atoms with Crippen molar-refractivity contribution < 1.29 is 4.79 Å². The first-order valence-electron chi connectivity index (χ1n) is 5.74. The van der Waals surface area contributed by atoms with Crippen molar-refractivity contribution in [3.05, 3.63) is 53.3 Å². The molecule has 3 nitrogen and oxygen atoms in total. The summed E-state index contributed by atoms with van der Waals surface area (Å²) < 4.78 is 1.66. The maximum absolute atomic E-state index is 12.0. The fourth-order valence-electron chi connectivity index (χ4n) is 1.90. The standard InChI is InChI=1S/C14H16N2O/c1-11-10-13(16(2)15-11)14(17)9-8-12-6-4-3-5-7-12/h3-7,10H,8-9H2,1-2H3. The Kier molecular flexibility index (Phi) is 3.38. The third-order valence-electron chi connectivity index (χ3n) is 2.77. The minimum atomic E-state index is 0.150. The predicted molar refractivity (Wildman–Crippen MR) is 67.0 cm³/mol. The fourth-order valence-corrected chi connectivity index (χ4v) is 1.90. The molecule has 0 unspecified atom stereocenters. The van der Waals surface area contributed by atoms with Crippen LogP contribution in [0.1, 0.15) is 28.2 Å². The highest BCUT2D eigenvalue weighted by Gasteiger charge is 2.11. The molecule has 3 heteroatoms. The van der Waals surface area contributed by atoms with Crippen molar-refractivity contribution in [2.45, 2.75) is 19.8 Å². The number of ketones is 1. The molecule has 1 aromatic heterocycles. The molecule has 17 heavy (non-hydrogen) atoms. The number of nitrogens with zero attached hydrogens (tertiary/aromatic N) is 2. The van der Waals surface area contributed by atoms with Gasteiger partial charge in [-0.25, -0.2) is 0 Å². The van der Waals surface area contributed by atoms with Gasteiger partial charge in [-0.3, -0.25) is 9.48 Å². The first kappa shape index (κ1) is 11.6. The van der Waals surface area contributed by atoms with Crippen molar-refractivity contribution in [2.24, 2.45) is 7.05 Å². The summed E-state index contributed by atoms with van der Waals surface area (Å²) in [6.45, 7) is 1.90. The average Bonchev–Trinajstić information content (AvgIpc) is 2.67. The monoisotopic (exact) mass is 228 g/mol. The van der Waals surface area contributed by atoms with E-state index in [1.165, 1.54) is 5.56 Å². The summed E-state index contributed by atoms with van der Waals surface area (Å²) in [7, 11) is 1.81. The Balaban J connectivity index is 2.01. The van der Waals surface area contributed by atoms with Gasteiger partial charge in [0.2, 0.25) is 0 Å². The topological polar surface area (TPSA) is 34.9 Å². The van der Waals surface area contributed by atoms with Crippen LogP contribution >= 0.6 is 0 Å². The highest BCUT2D eigenvalue weighted by Crippen LogP contribution is 2.09. The van der Waals surface area contributed by atoms with Crippen LogP contribution in [0.5, 0.6) is 0 Å². The molecule has 0 saturated heterocycles. The lowest BCUT2D eigenvalue weighted by Crippen LogP contribution is -2.07. The third-order valence-corrected chi connectivity index (χ3v) is 2.77. The van der Waals surface area contributed by atoms with Gasteiger partial charge in [0.15, 0.2) is 5.78 Å². The Labute approximate surface area is 101 Å². The normalized spacial score (nSPS) is 10.5. The molecule has 0 aliphatic heterocycles. The van der Waals surface area contributed by atoms with Crippen molar-refractivity contribution in [3.63, 3.8) is 0 Å². The van der Waals surface area contributed by atoms with Crippen molar-refractivity contribution in [1.29, 1.82) is 0 Å². The van der Waals surface area contributed by atoms with Crippen molar-refractivity contribution in [3.8, 4) is 0 Å². The largest absolute Gasteiger partial charge is 0.292 e. The van der Waals surface area contributed by atoms with Gasteiger partial charge in [0.1, 0.15) is 5.69 Å². The number of carbonyl (C=O) groups is 1. The van der Waals surface area contributed by atoms with E-state index in [1.807, 2.05) is 50.4 Å². The van der Waals surface area contributed by atoms with Gasteiger partial charge in [0.05, 0.1) is 5.69 Å². The molecule has 0 saturated carbocycles. The lowest BCUT2D eigenvalue weighted by Gasteiger charge is -2.01. The number of rotatable bonds is 4. The second kappa shape index (κ2) is 4.95. The first-order valence-corrected chi connectivity index (χ1v) is 5.74. The minimum absolute atomic E-state index is 0.150. The van der Waals surface area contributed by atoms with Gasteiger partial charge < -0.3 is 0 Å². The average molecular weight is 228 g/mol. The summed E-state index contributed by atoms with van der Waals surface area (Å²) in [4.78, 5) is 12.0. The molecule has 88 valence electrons. The van der Waals surface area contributed by atoms with Crippen LogP contribution in [-0.4, -0.2) is 15.6 Å². The van der Waals surface area contributed by atoms with Gasteiger partial charge >= 0.3 is 0 Å². The highest BCUT2D eigenvalue weighted by atomic mass is 16.1. The van der Waals surface area contributed by atoms with Gasteiger partial charge in [-0.1, -0.05) is 30.3 Å². The lowest BCUT2D eigenvalue weighted by atomic mass is 10.1. The molecule has 0 bridgehead atoms. The number of Topliss-reactive ketones (excluding diaryl/α,β-unsaturated/α-hetero) is 1. The van der Waals surface area contributed by atoms with Crippen LogP contribution in [0, 0.1) is 6.92 Å². The van der Waals surface area contributed by atoms with Gasteiger partial charge in [-0.2, -0.15) is 5.10 Å². The molecule has 0 amide bonds. The second-order valence-corrected chi connectivity index (χ2v) is 4.20. The van der Waals surface area contributed by atoms with Gasteiger partial charge in [-0.05, 0) is 25.0 Å². The van der Waals surface area contributed by atoms with E-state index in [9.17, 15) is 4.79 Å². The fraction of sp³-hybridized carbons (Fsp3) is 0.286. The van der Waals surface area contributed by atoms with Gasteiger partial charge in [0, 0.05) is 13.5 Å². The number of aromatic nitrogens is 2. The number of hydrogen-bond donors (Lipinski definition) is 0. The number of carbonyl (C=O) groups excluding carboxylic acids is 1. The van der Waals surface area contributed by atoms with E-state index in [0.717, 1.165) is 12.1 Å². The maximum atomic E-state index is 12.0. The molecule has 1 heterocycles. The highest BCUT2D eigenvalue weighted by molar-refractivity contribution is 5.94. The minimum Gasteiger partial charge on any atom is -0.292 e. The first-order chi connectivity index (χ1) is 8.16. The van der Waals surface area contributed by atoms with E-state index in [2.05, 4.69) is 5.10 Å². The summed E-state index contributed by atoms with van der Waals surface area (Å²) >= 11 is 0. The van der Waals surface area contributed by atoms with Crippen LogP contribution < -0.4 is 0 Å². The van der Waals surface area contributed by atoms with Crippen LogP contribution in [0.15, 0.2) is 36.4 Å². The Morgan fingerprint density at radius 2 is 2.00 bits per heavy atom. The molecule has 0 fully saturated rings. The van der Waals surface area contributed by atoms with Crippen LogP contribution in [0.25, 0.3) is 0 Å². The zero-order valence-electron chi connectivity index (χ0n) is 10.2. The summed E-state index contributed by atoms with van der Waals surface area (Å²) in [5, 5.41) is 4.18. The Morgan fingerprint density at radius 1 is 1.29 bits per heavy atom. The molecule has 0 spiro atoms. The molecule has 2 rings (SSSR count). The van der Waals surface area contributed by atoms with E-state index in [1.54, 1.807) is 4.68 Å². The summed E-state index contributed by atoms with van der Waals surface area (Å²) in [5.74, 6) is 0.150. The summed E-state index contributed by atoms with van der Waals surface area (Å²) in [6, 6.07) is 11.9. The number of hydrogen-bond acceptors (Lipinski definition) is 2. The van der Waals surface area contributed by atoms with Crippen LogP contribution in [0.3, 0.4) is 0 Å². The van der Waals surface area contributed by atoms with E-state index >= 15 is 0 Å². The van der Waals surface area contributed by atoms with Crippen LogP contribution in [0.2, 0.25) is 0 Å². The predicted octanol–water partition coefficient (Wildman–Crippen LogP) is 2.54. The summed E-state index contributed by atoms with van der Waals surface area (Å²) in [5.41, 5.74) is 2.77.